The van der Waals surface area contributed by atoms with Gasteiger partial charge in [0.1, 0.15) is 5.82 Å². The van der Waals surface area contributed by atoms with Crippen LogP contribution in [0.25, 0.3) is 21.8 Å². The van der Waals surface area contributed by atoms with E-state index < -0.39 is 5.92 Å². The van der Waals surface area contributed by atoms with Crippen LogP contribution in [-0.2, 0) is 6.54 Å². The Morgan fingerprint density at radius 3 is 2.41 bits per heavy atom. The lowest BCUT2D eigenvalue weighted by Gasteiger charge is -2.33. The molecule has 3 nitrogen and oxygen atoms in total. The Morgan fingerprint density at radius 1 is 0.931 bits per heavy atom. The summed E-state index contributed by atoms with van der Waals surface area (Å²) in [6.45, 7) is 1.33. The Hall–Kier alpha value is -2.66. The maximum atomic E-state index is 13.7. The molecule has 2 aromatic heterocycles. The number of hydrogen-bond acceptors (Lipinski definition) is 2. The van der Waals surface area contributed by atoms with E-state index in [9.17, 15) is 8.78 Å². The minimum absolute atomic E-state index is 0.130. The molecule has 0 N–H and O–H groups in total. The summed E-state index contributed by atoms with van der Waals surface area (Å²) < 4.78 is 29.5. The molecule has 4 aromatic rings. The molecule has 0 unspecified atom stereocenters. The molecule has 0 atom stereocenters. The second-order valence-electron chi connectivity index (χ2n) is 7.63. The third-order valence-electron chi connectivity index (χ3n) is 5.65. The van der Waals surface area contributed by atoms with E-state index in [-0.39, 0.29) is 12.8 Å². The summed E-state index contributed by atoms with van der Waals surface area (Å²) >= 11 is 6.02. The minimum atomic E-state index is -2.58. The number of rotatable bonds is 3. The van der Waals surface area contributed by atoms with Gasteiger partial charge in [-0.05, 0) is 29.8 Å². The van der Waals surface area contributed by atoms with E-state index in [1.165, 1.54) is 0 Å². The SMILES string of the molecule is FC1(F)CCN(c2nc3ccccc3c3c2ccn3Cc2ccc(Cl)cc2)CC1. The van der Waals surface area contributed by atoms with Gasteiger partial charge in [-0.25, -0.2) is 13.8 Å². The number of halogens is 3. The molecule has 2 aromatic carbocycles. The van der Waals surface area contributed by atoms with Crippen molar-refractivity contribution >= 4 is 39.2 Å². The van der Waals surface area contributed by atoms with Gasteiger partial charge in [0.15, 0.2) is 0 Å². The van der Waals surface area contributed by atoms with Crippen molar-refractivity contribution in [3.63, 3.8) is 0 Å². The molecule has 0 amide bonds. The first-order valence-corrected chi connectivity index (χ1v) is 10.1. The van der Waals surface area contributed by atoms with Gasteiger partial charge in [0.25, 0.3) is 5.92 Å². The van der Waals surface area contributed by atoms with Crippen molar-refractivity contribution in [1.29, 1.82) is 0 Å². The van der Waals surface area contributed by atoms with Gasteiger partial charge in [-0.2, -0.15) is 0 Å². The Kier molecular flexibility index (Phi) is 4.43. The minimum Gasteiger partial charge on any atom is -0.356 e. The number of piperidine rings is 1. The quantitative estimate of drug-likeness (QED) is 0.404. The smallest absolute Gasteiger partial charge is 0.251 e. The molecule has 148 valence electrons. The van der Waals surface area contributed by atoms with Gasteiger partial charge in [0, 0.05) is 54.5 Å². The lowest BCUT2D eigenvalue weighted by Crippen LogP contribution is -2.39. The molecule has 1 aliphatic heterocycles. The van der Waals surface area contributed by atoms with E-state index in [0.717, 1.165) is 33.2 Å². The van der Waals surface area contributed by atoms with Crippen LogP contribution in [0.15, 0.2) is 60.8 Å². The number of fused-ring (bicyclic) bond motifs is 3. The molecule has 0 radical (unpaired) electrons. The van der Waals surface area contributed by atoms with Gasteiger partial charge < -0.3 is 9.47 Å². The number of pyridine rings is 1. The first-order chi connectivity index (χ1) is 14.0. The topological polar surface area (TPSA) is 21.1 Å². The summed E-state index contributed by atoms with van der Waals surface area (Å²) in [4.78, 5) is 6.86. The van der Waals surface area contributed by atoms with Crippen molar-refractivity contribution in [2.24, 2.45) is 0 Å². The molecular formula is C23H20ClF2N3. The zero-order valence-electron chi connectivity index (χ0n) is 15.8. The lowest BCUT2D eigenvalue weighted by molar-refractivity contribution is -0.0221. The predicted molar refractivity (Wildman–Crippen MR) is 114 cm³/mol. The van der Waals surface area contributed by atoms with Crippen LogP contribution in [0.1, 0.15) is 18.4 Å². The maximum absolute atomic E-state index is 13.7. The molecule has 3 heterocycles. The molecule has 0 bridgehead atoms. The summed E-state index contributed by atoms with van der Waals surface area (Å²) in [5, 5.41) is 2.78. The van der Waals surface area contributed by atoms with Gasteiger partial charge in [-0.3, -0.25) is 0 Å². The zero-order chi connectivity index (χ0) is 20.0. The summed E-state index contributed by atoms with van der Waals surface area (Å²) in [5.41, 5.74) is 3.10. The fourth-order valence-electron chi connectivity index (χ4n) is 4.10. The maximum Gasteiger partial charge on any atom is 0.251 e. The number of nitrogens with zero attached hydrogens (tertiary/aromatic N) is 3. The van der Waals surface area contributed by atoms with Gasteiger partial charge in [0.2, 0.25) is 0 Å². The first kappa shape index (κ1) is 18.4. The average Bonchev–Trinajstić information content (AvgIpc) is 3.13. The fraction of sp³-hybridized carbons (Fsp3) is 0.261. The molecule has 5 rings (SSSR count). The Balaban J connectivity index is 1.63. The predicted octanol–water partition coefficient (Wildman–Crippen LogP) is 6.13. The molecule has 1 aliphatic rings. The highest BCUT2D eigenvalue weighted by atomic mass is 35.5. The van der Waals surface area contributed by atoms with Crippen molar-refractivity contribution in [3.8, 4) is 0 Å². The number of para-hydroxylation sites is 1. The second kappa shape index (κ2) is 6.99. The molecule has 0 saturated carbocycles. The molecule has 29 heavy (non-hydrogen) atoms. The molecule has 0 aliphatic carbocycles. The van der Waals surface area contributed by atoms with Crippen LogP contribution in [0.5, 0.6) is 0 Å². The largest absolute Gasteiger partial charge is 0.356 e. The highest BCUT2D eigenvalue weighted by molar-refractivity contribution is 6.30. The van der Waals surface area contributed by atoms with Crippen LogP contribution in [-0.4, -0.2) is 28.6 Å². The number of benzene rings is 2. The van der Waals surface area contributed by atoms with Crippen LogP contribution in [0.2, 0.25) is 5.02 Å². The van der Waals surface area contributed by atoms with Gasteiger partial charge in [0.05, 0.1) is 11.0 Å². The van der Waals surface area contributed by atoms with Crippen LogP contribution in [0.3, 0.4) is 0 Å². The van der Waals surface area contributed by atoms with Crippen molar-refractivity contribution < 1.29 is 8.78 Å². The lowest BCUT2D eigenvalue weighted by atomic mass is 10.1. The normalized spacial score (nSPS) is 16.6. The van der Waals surface area contributed by atoms with Crippen LogP contribution in [0, 0.1) is 0 Å². The third-order valence-corrected chi connectivity index (χ3v) is 5.90. The molecule has 1 fully saturated rings. The standard InChI is InChI=1S/C23H20ClF2N3/c24-17-7-5-16(6-8-17)15-29-12-9-19-21(29)18-3-1-2-4-20(18)27-22(19)28-13-10-23(25,26)11-14-28/h1-9,12H,10-11,13-15H2. The summed E-state index contributed by atoms with van der Waals surface area (Å²) in [6.07, 6.45) is 1.79. The average molecular weight is 412 g/mol. The first-order valence-electron chi connectivity index (χ1n) is 9.75. The van der Waals surface area contributed by atoms with Gasteiger partial charge in [-0.15, -0.1) is 0 Å². The fourth-order valence-corrected chi connectivity index (χ4v) is 4.23. The van der Waals surface area contributed by atoms with Crippen molar-refractivity contribution in [2.75, 3.05) is 18.0 Å². The third kappa shape index (κ3) is 3.44. The molecule has 1 saturated heterocycles. The van der Waals surface area contributed by atoms with Crippen molar-refractivity contribution in [2.45, 2.75) is 25.3 Å². The van der Waals surface area contributed by atoms with E-state index in [2.05, 4.69) is 16.8 Å². The van der Waals surface area contributed by atoms with E-state index in [1.54, 1.807) is 0 Å². The highest BCUT2D eigenvalue weighted by Crippen LogP contribution is 2.36. The van der Waals surface area contributed by atoms with Crippen molar-refractivity contribution in [3.05, 3.63) is 71.4 Å². The number of aromatic nitrogens is 2. The summed E-state index contributed by atoms with van der Waals surface area (Å²) in [5.74, 6) is -1.78. The van der Waals surface area contributed by atoms with Gasteiger partial charge in [-0.1, -0.05) is 41.9 Å². The molecule has 6 heteroatoms. The van der Waals surface area contributed by atoms with E-state index in [0.29, 0.717) is 24.7 Å². The number of anilines is 1. The Bertz CT molecular complexity index is 1170. The Morgan fingerprint density at radius 2 is 1.66 bits per heavy atom. The van der Waals surface area contributed by atoms with Crippen molar-refractivity contribution in [1.82, 2.24) is 9.55 Å². The molecule has 0 spiro atoms. The van der Waals surface area contributed by atoms with E-state index >= 15 is 0 Å². The van der Waals surface area contributed by atoms with E-state index in [4.69, 9.17) is 16.6 Å². The summed E-state index contributed by atoms with van der Waals surface area (Å²) in [7, 11) is 0. The Labute approximate surface area is 172 Å². The monoisotopic (exact) mass is 411 g/mol. The van der Waals surface area contributed by atoms with Crippen LogP contribution >= 0.6 is 11.6 Å². The van der Waals surface area contributed by atoms with Crippen LogP contribution in [0.4, 0.5) is 14.6 Å². The molecular weight excluding hydrogens is 392 g/mol. The summed E-state index contributed by atoms with van der Waals surface area (Å²) in [6, 6.07) is 17.9. The zero-order valence-corrected chi connectivity index (χ0v) is 16.5. The number of hydrogen-bond donors (Lipinski definition) is 0. The number of alkyl halides is 2. The highest BCUT2D eigenvalue weighted by Gasteiger charge is 2.35. The second-order valence-corrected chi connectivity index (χ2v) is 8.06. The van der Waals surface area contributed by atoms with Crippen LogP contribution < -0.4 is 4.90 Å². The van der Waals surface area contributed by atoms with E-state index in [1.807, 2.05) is 53.4 Å². The van der Waals surface area contributed by atoms with Gasteiger partial charge >= 0.3 is 0 Å².